The van der Waals surface area contributed by atoms with Crippen molar-refractivity contribution < 1.29 is 4.79 Å². The topological polar surface area (TPSA) is 29.1 Å². The highest BCUT2D eigenvalue weighted by molar-refractivity contribution is 6.18. The predicted octanol–water partition coefficient (Wildman–Crippen LogP) is 1.78. The number of carbonyl (C=O) groups excluding carboxylic acids is 1. The highest BCUT2D eigenvalue weighted by Crippen LogP contribution is 2.18. The van der Waals surface area contributed by atoms with Gasteiger partial charge in [0.15, 0.2) is 0 Å². The number of carbonyl (C=O) groups is 1. The van der Waals surface area contributed by atoms with Crippen molar-refractivity contribution in [1.29, 1.82) is 0 Å². The smallest absolute Gasteiger partial charge is 0.225 e. The van der Waals surface area contributed by atoms with Crippen molar-refractivity contribution in [3.05, 3.63) is 0 Å². The Morgan fingerprint density at radius 2 is 2.09 bits per heavy atom. The second-order valence-corrected chi connectivity index (χ2v) is 3.56. The molecule has 0 spiro atoms. The summed E-state index contributed by atoms with van der Waals surface area (Å²) in [5.74, 6) is 0.562. The number of hydrogen-bond acceptors (Lipinski definition) is 1. The van der Waals surface area contributed by atoms with Gasteiger partial charge >= 0.3 is 0 Å². The van der Waals surface area contributed by atoms with E-state index in [0.717, 1.165) is 6.42 Å². The molecular weight excluding hydrogens is 162 g/mol. The van der Waals surface area contributed by atoms with E-state index in [-0.39, 0.29) is 11.3 Å². The zero-order valence-corrected chi connectivity index (χ0v) is 8.16. The van der Waals surface area contributed by atoms with Crippen molar-refractivity contribution in [2.75, 3.05) is 12.4 Å². The van der Waals surface area contributed by atoms with Crippen LogP contribution in [0.25, 0.3) is 0 Å². The van der Waals surface area contributed by atoms with Crippen LogP contribution in [0.5, 0.6) is 0 Å². The summed E-state index contributed by atoms with van der Waals surface area (Å²) in [6, 6.07) is 0. The third-order valence-corrected chi connectivity index (χ3v) is 2.07. The molecule has 11 heavy (non-hydrogen) atoms. The van der Waals surface area contributed by atoms with E-state index in [0.29, 0.717) is 12.4 Å². The second kappa shape index (κ2) is 4.60. The van der Waals surface area contributed by atoms with Gasteiger partial charge in [-0.25, -0.2) is 0 Å². The van der Waals surface area contributed by atoms with E-state index in [1.54, 1.807) is 0 Å². The Morgan fingerprint density at radius 1 is 1.55 bits per heavy atom. The van der Waals surface area contributed by atoms with Crippen LogP contribution in [0, 0.1) is 5.41 Å². The lowest BCUT2D eigenvalue weighted by Crippen LogP contribution is -2.37. The fourth-order valence-electron chi connectivity index (χ4n) is 0.561. The van der Waals surface area contributed by atoms with Gasteiger partial charge in [-0.15, -0.1) is 11.6 Å². The summed E-state index contributed by atoms with van der Waals surface area (Å²) in [7, 11) is 0. The molecule has 66 valence electrons. The largest absolute Gasteiger partial charge is 0.354 e. The van der Waals surface area contributed by atoms with Crippen LogP contribution in [-0.4, -0.2) is 18.3 Å². The predicted molar refractivity (Wildman–Crippen MR) is 47.8 cm³/mol. The highest BCUT2D eigenvalue weighted by Gasteiger charge is 2.24. The molecule has 0 aromatic rings. The summed E-state index contributed by atoms with van der Waals surface area (Å²) in [5, 5.41) is 2.75. The van der Waals surface area contributed by atoms with Crippen molar-refractivity contribution in [1.82, 2.24) is 5.32 Å². The number of rotatable bonds is 4. The van der Waals surface area contributed by atoms with Crippen LogP contribution in [0.3, 0.4) is 0 Å². The SMILES string of the molecule is CCC(C)(C)C(=O)NCCCl. The van der Waals surface area contributed by atoms with Crippen LogP contribution in [0.4, 0.5) is 0 Å². The molecule has 0 bridgehead atoms. The van der Waals surface area contributed by atoms with Crippen LogP contribution >= 0.6 is 11.6 Å². The highest BCUT2D eigenvalue weighted by atomic mass is 35.5. The third kappa shape index (κ3) is 3.61. The lowest BCUT2D eigenvalue weighted by Gasteiger charge is -2.20. The molecule has 0 aliphatic rings. The van der Waals surface area contributed by atoms with Gasteiger partial charge in [0.05, 0.1) is 0 Å². The molecule has 0 rings (SSSR count). The minimum Gasteiger partial charge on any atom is -0.354 e. The molecule has 0 aromatic carbocycles. The Balaban J connectivity index is 3.82. The van der Waals surface area contributed by atoms with Crippen molar-refractivity contribution in [3.8, 4) is 0 Å². The van der Waals surface area contributed by atoms with Gasteiger partial charge in [0.2, 0.25) is 5.91 Å². The number of amides is 1. The first-order valence-electron chi connectivity index (χ1n) is 3.89. The average molecular weight is 178 g/mol. The molecule has 0 saturated carbocycles. The van der Waals surface area contributed by atoms with E-state index in [1.807, 2.05) is 20.8 Å². The zero-order chi connectivity index (χ0) is 8.91. The van der Waals surface area contributed by atoms with E-state index in [9.17, 15) is 4.79 Å². The van der Waals surface area contributed by atoms with Crippen LogP contribution in [-0.2, 0) is 4.79 Å². The standard InChI is InChI=1S/C8H16ClNO/c1-4-8(2,3)7(11)10-6-5-9/h4-6H2,1-3H3,(H,10,11). The maximum atomic E-state index is 11.3. The molecule has 1 N–H and O–H groups in total. The van der Waals surface area contributed by atoms with Gasteiger partial charge in [-0.3, -0.25) is 4.79 Å². The van der Waals surface area contributed by atoms with Crippen LogP contribution < -0.4 is 5.32 Å². The van der Waals surface area contributed by atoms with Gasteiger partial charge in [-0.1, -0.05) is 20.8 Å². The molecule has 3 heteroatoms. The number of halogens is 1. The fraction of sp³-hybridized carbons (Fsp3) is 0.875. The molecular formula is C8H16ClNO. The third-order valence-electron chi connectivity index (χ3n) is 1.88. The van der Waals surface area contributed by atoms with Crippen molar-refractivity contribution in [3.63, 3.8) is 0 Å². The van der Waals surface area contributed by atoms with Gasteiger partial charge in [0.25, 0.3) is 0 Å². The van der Waals surface area contributed by atoms with Crippen molar-refractivity contribution in [2.24, 2.45) is 5.41 Å². The molecule has 0 aliphatic carbocycles. The number of alkyl halides is 1. The summed E-state index contributed by atoms with van der Waals surface area (Å²) < 4.78 is 0. The van der Waals surface area contributed by atoms with E-state index >= 15 is 0 Å². The van der Waals surface area contributed by atoms with Gasteiger partial charge in [0.1, 0.15) is 0 Å². The molecule has 0 fully saturated rings. The van der Waals surface area contributed by atoms with E-state index in [4.69, 9.17) is 11.6 Å². The molecule has 0 radical (unpaired) electrons. The van der Waals surface area contributed by atoms with Crippen LogP contribution in [0.15, 0.2) is 0 Å². The van der Waals surface area contributed by atoms with Gasteiger partial charge in [0, 0.05) is 17.8 Å². The summed E-state index contributed by atoms with van der Waals surface area (Å²) >= 11 is 5.42. The van der Waals surface area contributed by atoms with Crippen molar-refractivity contribution in [2.45, 2.75) is 27.2 Å². The first-order valence-corrected chi connectivity index (χ1v) is 4.42. The van der Waals surface area contributed by atoms with Gasteiger partial charge < -0.3 is 5.32 Å². The van der Waals surface area contributed by atoms with Crippen LogP contribution in [0.1, 0.15) is 27.2 Å². The molecule has 0 saturated heterocycles. The molecule has 0 aliphatic heterocycles. The minimum atomic E-state index is -0.258. The van der Waals surface area contributed by atoms with E-state index < -0.39 is 0 Å². The Bertz CT molecular complexity index is 134. The lowest BCUT2D eigenvalue weighted by atomic mass is 9.89. The first kappa shape index (κ1) is 10.8. The van der Waals surface area contributed by atoms with Crippen molar-refractivity contribution >= 4 is 17.5 Å². The summed E-state index contributed by atoms with van der Waals surface area (Å²) in [4.78, 5) is 11.3. The minimum absolute atomic E-state index is 0.0839. The normalized spacial score (nSPS) is 11.3. The molecule has 0 atom stereocenters. The Hall–Kier alpha value is -0.240. The van der Waals surface area contributed by atoms with Gasteiger partial charge in [-0.05, 0) is 6.42 Å². The Kier molecular flexibility index (Phi) is 4.50. The van der Waals surface area contributed by atoms with Crippen LogP contribution in [0.2, 0.25) is 0 Å². The molecule has 0 unspecified atom stereocenters. The maximum absolute atomic E-state index is 11.3. The number of hydrogen-bond donors (Lipinski definition) is 1. The second-order valence-electron chi connectivity index (χ2n) is 3.18. The monoisotopic (exact) mass is 177 g/mol. The zero-order valence-electron chi connectivity index (χ0n) is 7.41. The van der Waals surface area contributed by atoms with E-state index in [1.165, 1.54) is 0 Å². The quantitative estimate of drug-likeness (QED) is 0.652. The molecule has 0 aromatic heterocycles. The Labute approximate surface area is 73.3 Å². The summed E-state index contributed by atoms with van der Waals surface area (Å²) in [5.41, 5.74) is -0.258. The summed E-state index contributed by atoms with van der Waals surface area (Å²) in [6.07, 6.45) is 0.848. The average Bonchev–Trinajstić information content (AvgIpc) is 2.00. The molecule has 1 amide bonds. The van der Waals surface area contributed by atoms with Gasteiger partial charge in [-0.2, -0.15) is 0 Å². The Morgan fingerprint density at radius 3 is 2.45 bits per heavy atom. The number of nitrogens with one attached hydrogen (secondary N) is 1. The summed E-state index contributed by atoms with van der Waals surface area (Å²) in [6.45, 7) is 6.41. The maximum Gasteiger partial charge on any atom is 0.225 e. The first-order chi connectivity index (χ1) is 5.04. The lowest BCUT2D eigenvalue weighted by molar-refractivity contribution is -0.129. The fourth-order valence-corrected chi connectivity index (χ4v) is 0.655. The van der Waals surface area contributed by atoms with E-state index in [2.05, 4.69) is 5.32 Å². The molecule has 2 nitrogen and oxygen atoms in total. The molecule has 0 heterocycles.